The first-order valence-corrected chi connectivity index (χ1v) is 15.6. The molecule has 9 nitrogen and oxygen atoms in total. The topological polar surface area (TPSA) is 98.6 Å². The Kier molecular flexibility index (Phi) is 9.25. The molecule has 1 aliphatic heterocycles. The van der Waals surface area contributed by atoms with Gasteiger partial charge in [0.1, 0.15) is 6.04 Å². The van der Waals surface area contributed by atoms with Gasteiger partial charge in [0.2, 0.25) is 11.1 Å². The van der Waals surface area contributed by atoms with Crippen molar-refractivity contribution in [2.75, 3.05) is 32.1 Å². The molecule has 1 unspecified atom stereocenters. The molecule has 1 amide bonds. The molecule has 216 valence electrons. The molecule has 41 heavy (non-hydrogen) atoms. The van der Waals surface area contributed by atoms with Crippen LogP contribution in [0.15, 0.2) is 57.3 Å². The molecule has 0 fully saturated rings. The number of ketones is 1. The number of fused-ring (bicyclic) bond motifs is 1. The van der Waals surface area contributed by atoms with E-state index < -0.39 is 6.04 Å². The molecule has 1 atom stereocenters. The van der Waals surface area contributed by atoms with Crippen LogP contribution in [-0.4, -0.2) is 58.2 Å². The Balaban J connectivity index is 1.49. The Labute approximate surface area is 256 Å². The van der Waals surface area contributed by atoms with Crippen LogP contribution in [0.4, 0.5) is 5.95 Å². The van der Waals surface area contributed by atoms with Crippen LogP contribution in [0.25, 0.3) is 0 Å². The first-order valence-electron chi connectivity index (χ1n) is 13.5. The molecule has 2 aromatic carbocycles. The zero-order valence-electron chi connectivity index (χ0n) is 23.1. The summed E-state index contributed by atoms with van der Waals surface area (Å²) in [4.78, 5) is 32.3. The zero-order chi connectivity index (χ0) is 29.1. The molecule has 1 aromatic heterocycles. The van der Waals surface area contributed by atoms with Crippen LogP contribution >= 0.6 is 39.3 Å². The van der Waals surface area contributed by atoms with Crippen LogP contribution in [0.5, 0.6) is 11.5 Å². The molecule has 5 rings (SSSR count). The summed E-state index contributed by atoms with van der Waals surface area (Å²) in [6, 6.07) is 10.9. The number of allylic oxidation sites excluding steroid dienone is 2. The average molecular weight is 661 g/mol. The van der Waals surface area contributed by atoms with Crippen LogP contribution in [0.1, 0.15) is 50.3 Å². The number of carbonyl (C=O) groups is 2. The molecule has 2 heterocycles. The van der Waals surface area contributed by atoms with Crippen molar-refractivity contribution in [3.8, 4) is 11.5 Å². The van der Waals surface area contributed by atoms with Gasteiger partial charge in [-0.25, -0.2) is 4.68 Å². The fourth-order valence-electron chi connectivity index (χ4n) is 5.10. The summed E-state index contributed by atoms with van der Waals surface area (Å²) in [6.45, 7) is 4.96. The third-order valence-electron chi connectivity index (χ3n) is 7.19. The van der Waals surface area contributed by atoms with Crippen molar-refractivity contribution >= 4 is 56.9 Å². The predicted molar refractivity (Wildman–Crippen MR) is 163 cm³/mol. The minimum Gasteiger partial charge on any atom is -0.493 e. The van der Waals surface area contributed by atoms with Crippen molar-refractivity contribution in [1.29, 1.82) is 0 Å². The maximum Gasteiger partial charge on any atom is 0.260 e. The quantitative estimate of drug-likeness (QED) is 0.255. The molecule has 12 heteroatoms. The number of aromatic nitrogens is 3. The maximum absolute atomic E-state index is 13.3. The van der Waals surface area contributed by atoms with Crippen molar-refractivity contribution < 1.29 is 19.1 Å². The maximum atomic E-state index is 13.3. The lowest BCUT2D eigenvalue weighted by atomic mass is 9.85. The number of carbonyl (C=O) groups excluding carboxylic acids is 2. The second-order valence-corrected chi connectivity index (χ2v) is 11.8. The Morgan fingerprint density at radius 1 is 1.24 bits per heavy atom. The SMILES string of the molecule is CCN(CC)C(=O)COc1c(Br)cc(C2C3=C(CCCC3=O)Nc3nc(SCc4ccccc4Cl)nn32)cc1OC. The number of nitrogens with one attached hydrogen (secondary N) is 1. The predicted octanol–water partition coefficient (Wildman–Crippen LogP) is 6.26. The minimum atomic E-state index is -0.507. The minimum absolute atomic E-state index is 0.0791. The third kappa shape index (κ3) is 6.12. The lowest BCUT2D eigenvalue weighted by Crippen LogP contribution is -2.34. The molecule has 0 saturated carbocycles. The number of hydrogen-bond acceptors (Lipinski definition) is 8. The molecular weight excluding hydrogens is 630 g/mol. The highest BCUT2D eigenvalue weighted by molar-refractivity contribution is 9.10. The van der Waals surface area contributed by atoms with Crippen molar-refractivity contribution in [2.45, 2.75) is 50.1 Å². The second kappa shape index (κ2) is 12.9. The molecule has 0 saturated heterocycles. The Hall–Kier alpha value is -3.02. The van der Waals surface area contributed by atoms with E-state index in [2.05, 4.69) is 21.2 Å². The highest BCUT2D eigenvalue weighted by Gasteiger charge is 2.37. The largest absolute Gasteiger partial charge is 0.493 e. The number of amides is 1. The van der Waals surface area contributed by atoms with E-state index in [4.69, 9.17) is 31.2 Å². The van der Waals surface area contributed by atoms with E-state index in [0.717, 1.165) is 29.7 Å². The van der Waals surface area contributed by atoms with Gasteiger partial charge in [-0.3, -0.25) is 9.59 Å². The smallest absolute Gasteiger partial charge is 0.260 e. The van der Waals surface area contributed by atoms with Crippen LogP contribution < -0.4 is 14.8 Å². The van der Waals surface area contributed by atoms with Gasteiger partial charge >= 0.3 is 0 Å². The number of Topliss-reactive ketones (excluding diaryl/α,β-unsaturated/α-hetero) is 1. The Morgan fingerprint density at radius 2 is 2.02 bits per heavy atom. The standard InChI is InChI=1S/C29H31BrClN5O4S/c1-4-35(5-2)24(38)15-40-27-19(30)13-18(14-23(27)39-3)26-25-21(11-8-12-22(25)37)32-28-33-29(34-36(26)28)41-16-17-9-6-7-10-20(17)31/h6-7,9-10,13-14,26H,4-5,8,11-12,15-16H2,1-3H3,(H,32,33,34). The normalized spacial score (nSPS) is 16.1. The van der Waals surface area contributed by atoms with E-state index in [0.29, 0.717) is 62.9 Å². The van der Waals surface area contributed by atoms with Gasteiger partial charge in [-0.1, -0.05) is 41.6 Å². The summed E-state index contributed by atoms with van der Waals surface area (Å²) in [5.74, 6) is 2.02. The number of halogens is 2. The number of likely N-dealkylation sites (N-methyl/N-ethyl adjacent to an activating group) is 1. The van der Waals surface area contributed by atoms with E-state index in [1.54, 1.807) is 16.7 Å². The number of anilines is 1. The number of ether oxygens (including phenoxy) is 2. The van der Waals surface area contributed by atoms with E-state index in [-0.39, 0.29) is 18.3 Å². The van der Waals surface area contributed by atoms with Crippen LogP contribution in [-0.2, 0) is 15.3 Å². The number of benzene rings is 2. The van der Waals surface area contributed by atoms with Crippen LogP contribution in [0, 0.1) is 0 Å². The van der Waals surface area contributed by atoms with Crippen LogP contribution in [0.3, 0.4) is 0 Å². The van der Waals surface area contributed by atoms with Crippen molar-refractivity contribution in [2.24, 2.45) is 0 Å². The van der Waals surface area contributed by atoms with Gasteiger partial charge in [-0.2, -0.15) is 4.98 Å². The van der Waals surface area contributed by atoms with Gasteiger partial charge in [0.25, 0.3) is 5.91 Å². The lowest BCUT2D eigenvalue weighted by molar-refractivity contribution is -0.133. The van der Waals surface area contributed by atoms with Crippen molar-refractivity contribution in [3.63, 3.8) is 0 Å². The first-order chi connectivity index (χ1) is 19.8. The molecule has 0 bridgehead atoms. The van der Waals surface area contributed by atoms with Gasteiger partial charge in [0.15, 0.2) is 23.9 Å². The molecule has 0 spiro atoms. The average Bonchev–Trinajstić information content (AvgIpc) is 3.38. The summed E-state index contributed by atoms with van der Waals surface area (Å²) >= 11 is 11.5. The first kappa shape index (κ1) is 29.5. The van der Waals surface area contributed by atoms with Gasteiger partial charge in [0, 0.05) is 41.6 Å². The molecular formula is C29H31BrClN5O4S. The molecule has 1 aliphatic carbocycles. The summed E-state index contributed by atoms with van der Waals surface area (Å²) < 4.78 is 14.0. The number of rotatable bonds is 10. The Morgan fingerprint density at radius 3 is 2.76 bits per heavy atom. The lowest BCUT2D eigenvalue weighted by Gasteiger charge is -2.32. The summed E-state index contributed by atoms with van der Waals surface area (Å²) in [5.41, 5.74) is 3.33. The molecule has 3 aromatic rings. The van der Waals surface area contributed by atoms with E-state index in [9.17, 15) is 9.59 Å². The highest BCUT2D eigenvalue weighted by atomic mass is 79.9. The summed E-state index contributed by atoms with van der Waals surface area (Å²) in [5, 5.41) is 9.46. The molecule has 0 radical (unpaired) electrons. The van der Waals surface area contributed by atoms with Gasteiger partial charge in [-0.05, 0) is 71.9 Å². The molecule has 1 N–H and O–H groups in total. The van der Waals surface area contributed by atoms with E-state index in [1.807, 2.05) is 50.2 Å². The number of hydrogen-bond donors (Lipinski definition) is 1. The fraction of sp³-hybridized carbons (Fsp3) is 0.379. The summed E-state index contributed by atoms with van der Waals surface area (Å²) in [7, 11) is 1.55. The van der Waals surface area contributed by atoms with Gasteiger partial charge in [-0.15, -0.1) is 5.10 Å². The number of thioether (sulfide) groups is 1. The van der Waals surface area contributed by atoms with E-state index >= 15 is 0 Å². The highest BCUT2D eigenvalue weighted by Crippen LogP contribution is 2.45. The van der Waals surface area contributed by atoms with E-state index in [1.165, 1.54) is 11.8 Å². The molecule has 2 aliphatic rings. The van der Waals surface area contributed by atoms with Gasteiger partial charge in [0.05, 0.1) is 11.6 Å². The fourth-order valence-corrected chi connectivity index (χ4v) is 6.79. The van der Waals surface area contributed by atoms with Crippen molar-refractivity contribution in [1.82, 2.24) is 19.7 Å². The number of methoxy groups -OCH3 is 1. The van der Waals surface area contributed by atoms with Crippen LogP contribution in [0.2, 0.25) is 5.02 Å². The second-order valence-electron chi connectivity index (χ2n) is 9.63. The van der Waals surface area contributed by atoms with Crippen molar-refractivity contribution in [3.05, 3.63) is 68.3 Å². The Bertz CT molecular complexity index is 1510. The number of nitrogens with zero attached hydrogens (tertiary/aromatic N) is 4. The zero-order valence-corrected chi connectivity index (χ0v) is 26.2. The monoisotopic (exact) mass is 659 g/mol. The van der Waals surface area contributed by atoms with Gasteiger partial charge < -0.3 is 19.7 Å². The summed E-state index contributed by atoms with van der Waals surface area (Å²) in [6.07, 6.45) is 2.00. The third-order valence-corrected chi connectivity index (χ3v) is 9.03.